The Hall–Kier alpha value is -0.853. The quantitative estimate of drug-likeness (QED) is 0.293. The summed E-state index contributed by atoms with van der Waals surface area (Å²) in [7, 11) is -1.72. The van der Waals surface area contributed by atoms with Crippen LogP contribution in [-0.2, 0) is 11.0 Å². The maximum Gasteiger partial charge on any atom is 0.192 e. The van der Waals surface area contributed by atoms with Crippen molar-refractivity contribution >= 4 is 25.5 Å². The van der Waals surface area contributed by atoms with E-state index in [4.69, 9.17) is 15.4 Å². The lowest BCUT2D eigenvalue weighted by atomic mass is 10.2. The van der Waals surface area contributed by atoms with Gasteiger partial charge in [0, 0.05) is 15.8 Å². The lowest BCUT2D eigenvalue weighted by Crippen LogP contribution is -2.40. The Morgan fingerprint density at radius 3 is 2.61 bits per heavy atom. The average molecular weight is 286 g/mol. The van der Waals surface area contributed by atoms with Gasteiger partial charge in [-0.3, -0.25) is 0 Å². The Bertz CT molecular complexity index is 436. The highest BCUT2D eigenvalue weighted by molar-refractivity contribution is 7.10. The van der Waals surface area contributed by atoms with Gasteiger partial charge in [-0.25, -0.2) is 0 Å². The molecule has 0 aromatic carbocycles. The summed E-state index contributed by atoms with van der Waals surface area (Å²) in [6.07, 6.45) is 0. The molecule has 0 unspecified atom stereocenters. The van der Waals surface area contributed by atoms with Crippen LogP contribution in [0, 0.1) is 0 Å². The topological polar surface area (TPSA) is 67.8 Å². The number of hydrogen-bond acceptors (Lipinski definition) is 4. The van der Waals surface area contributed by atoms with Crippen LogP contribution in [0.2, 0.25) is 18.1 Å². The molecule has 0 saturated carbocycles. The van der Waals surface area contributed by atoms with Gasteiger partial charge in [-0.2, -0.15) is 0 Å². The van der Waals surface area contributed by atoms with Crippen molar-refractivity contribution in [3.63, 3.8) is 0 Å². The van der Waals surface area contributed by atoms with Gasteiger partial charge in [-0.05, 0) is 24.2 Å². The third-order valence-electron chi connectivity index (χ3n) is 3.44. The predicted octanol–water partition coefficient (Wildman–Crippen LogP) is 3.36. The van der Waals surface area contributed by atoms with Crippen molar-refractivity contribution in [2.75, 3.05) is 0 Å². The minimum Gasteiger partial charge on any atom is -0.412 e. The van der Waals surface area contributed by atoms with Crippen molar-refractivity contribution in [2.24, 2.45) is 10.9 Å². The van der Waals surface area contributed by atoms with E-state index in [1.54, 1.807) is 11.3 Å². The van der Waals surface area contributed by atoms with Gasteiger partial charge in [-0.1, -0.05) is 25.9 Å². The van der Waals surface area contributed by atoms with Crippen molar-refractivity contribution in [2.45, 2.75) is 45.5 Å². The number of nitrogens with zero attached hydrogens (tertiary/aromatic N) is 1. The molecule has 0 aliphatic carbocycles. The number of nitrogens with two attached hydrogens (primary N) is 1. The molecule has 0 saturated heterocycles. The molecule has 1 aromatic heterocycles. The molecule has 18 heavy (non-hydrogen) atoms. The van der Waals surface area contributed by atoms with Crippen molar-refractivity contribution in [1.29, 1.82) is 0 Å². The molecule has 102 valence electrons. The van der Waals surface area contributed by atoms with Crippen LogP contribution in [0.15, 0.2) is 16.6 Å². The third kappa shape index (κ3) is 3.57. The number of thiophene rings is 1. The Labute approximate surface area is 114 Å². The first-order chi connectivity index (χ1) is 8.17. The fraction of sp³-hybridized carbons (Fsp3) is 0.583. The minimum absolute atomic E-state index is 0.143. The van der Waals surface area contributed by atoms with Gasteiger partial charge in [0.15, 0.2) is 14.2 Å². The number of rotatable bonds is 4. The second kappa shape index (κ2) is 5.42. The molecule has 3 N–H and O–H groups in total. The van der Waals surface area contributed by atoms with Crippen LogP contribution in [0.4, 0.5) is 0 Å². The molecule has 0 aliphatic heterocycles. The van der Waals surface area contributed by atoms with E-state index in [0.717, 1.165) is 10.4 Å². The maximum absolute atomic E-state index is 8.61. The van der Waals surface area contributed by atoms with E-state index in [0.29, 0.717) is 6.61 Å². The highest BCUT2D eigenvalue weighted by Gasteiger charge is 2.37. The fourth-order valence-corrected chi connectivity index (χ4v) is 2.96. The molecule has 0 bridgehead atoms. The second-order valence-electron chi connectivity index (χ2n) is 5.84. The van der Waals surface area contributed by atoms with Gasteiger partial charge in [0.1, 0.15) is 0 Å². The van der Waals surface area contributed by atoms with Crippen molar-refractivity contribution in [1.82, 2.24) is 0 Å². The third-order valence-corrected chi connectivity index (χ3v) is 8.83. The molecule has 6 heteroatoms. The summed E-state index contributed by atoms with van der Waals surface area (Å²) in [6, 6.07) is 1.91. The molecule has 0 radical (unpaired) electrons. The molecular weight excluding hydrogens is 264 g/mol. The van der Waals surface area contributed by atoms with E-state index in [2.05, 4.69) is 39.0 Å². The first-order valence-corrected chi connectivity index (χ1v) is 9.65. The monoisotopic (exact) mass is 286 g/mol. The Morgan fingerprint density at radius 1 is 1.50 bits per heavy atom. The average Bonchev–Trinajstić information content (AvgIpc) is 2.72. The summed E-state index contributed by atoms with van der Waals surface area (Å²) < 4.78 is 6.11. The zero-order chi connectivity index (χ0) is 14.0. The summed E-state index contributed by atoms with van der Waals surface area (Å²) in [5, 5.41) is 13.7. The molecule has 0 aliphatic rings. The largest absolute Gasteiger partial charge is 0.412 e. The van der Waals surface area contributed by atoms with E-state index >= 15 is 0 Å². The predicted molar refractivity (Wildman–Crippen MR) is 78.8 cm³/mol. The highest BCUT2D eigenvalue weighted by atomic mass is 32.1. The van der Waals surface area contributed by atoms with Gasteiger partial charge in [0.25, 0.3) is 0 Å². The van der Waals surface area contributed by atoms with Crippen molar-refractivity contribution in [3.05, 3.63) is 21.9 Å². The molecule has 0 fully saturated rings. The minimum atomic E-state index is -1.72. The van der Waals surface area contributed by atoms with Crippen LogP contribution in [0.25, 0.3) is 0 Å². The number of oxime groups is 1. The van der Waals surface area contributed by atoms with Gasteiger partial charge < -0.3 is 15.4 Å². The molecule has 0 atom stereocenters. The van der Waals surface area contributed by atoms with E-state index in [1.807, 2.05) is 11.4 Å². The zero-order valence-corrected chi connectivity index (χ0v) is 13.5. The normalized spacial score (nSPS) is 13.9. The summed E-state index contributed by atoms with van der Waals surface area (Å²) in [5.41, 5.74) is 6.28. The summed E-state index contributed by atoms with van der Waals surface area (Å²) in [5.74, 6) is 0.143. The van der Waals surface area contributed by atoms with Crippen LogP contribution in [0.3, 0.4) is 0 Å². The van der Waals surface area contributed by atoms with Gasteiger partial charge >= 0.3 is 0 Å². The van der Waals surface area contributed by atoms with Crippen LogP contribution >= 0.6 is 11.3 Å². The lowest BCUT2D eigenvalue weighted by Gasteiger charge is -2.36. The van der Waals surface area contributed by atoms with Crippen LogP contribution < -0.4 is 5.73 Å². The van der Waals surface area contributed by atoms with Crippen LogP contribution in [0.5, 0.6) is 0 Å². The Morgan fingerprint density at radius 2 is 2.11 bits per heavy atom. The second-order valence-corrected chi connectivity index (χ2v) is 11.6. The van der Waals surface area contributed by atoms with Crippen molar-refractivity contribution < 1.29 is 9.63 Å². The highest BCUT2D eigenvalue weighted by Crippen LogP contribution is 2.37. The van der Waals surface area contributed by atoms with E-state index in [-0.39, 0.29) is 10.9 Å². The first kappa shape index (κ1) is 15.2. The number of amidine groups is 1. The molecule has 0 spiro atoms. The van der Waals surface area contributed by atoms with E-state index < -0.39 is 8.32 Å². The molecule has 0 amide bonds. The fourth-order valence-electron chi connectivity index (χ4n) is 1.12. The van der Waals surface area contributed by atoms with E-state index in [1.165, 1.54) is 0 Å². The Kier molecular flexibility index (Phi) is 4.58. The number of hydrogen-bond donors (Lipinski definition) is 2. The molecule has 4 nitrogen and oxygen atoms in total. The van der Waals surface area contributed by atoms with Crippen LogP contribution in [-0.4, -0.2) is 19.4 Å². The maximum atomic E-state index is 8.61. The van der Waals surface area contributed by atoms with Gasteiger partial charge in [0.05, 0.1) is 6.61 Å². The smallest absolute Gasteiger partial charge is 0.192 e. The summed E-state index contributed by atoms with van der Waals surface area (Å²) in [4.78, 5) is 1.10. The standard InChI is InChI=1S/C12H22N2O2SSi/c1-12(2,3)18(4,5)16-7-10-6-9(8-17-10)11(13)14-15/h6,8,15H,7H2,1-5H3,(H2,13,14). The molecule has 1 heterocycles. The van der Waals surface area contributed by atoms with Crippen LogP contribution in [0.1, 0.15) is 31.2 Å². The molecular formula is C12H22N2O2SSi. The van der Waals surface area contributed by atoms with E-state index in [9.17, 15) is 0 Å². The SMILES string of the molecule is CC(C)(C)[Si](C)(C)OCc1cc(C(N)=NO)cs1. The first-order valence-electron chi connectivity index (χ1n) is 5.86. The lowest BCUT2D eigenvalue weighted by molar-refractivity contribution is 0.279. The van der Waals surface area contributed by atoms with Gasteiger partial charge in [-0.15, -0.1) is 11.3 Å². The molecule has 1 rings (SSSR count). The Balaban J connectivity index is 2.68. The van der Waals surface area contributed by atoms with Crippen molar-refractivity contribution in [3.8, 4) is 0 Å². The summed E-state index contributed by atoms with van der Waals surface area (Å²) in [6.45, 7) is 11.7. The molecule has 1 aromatic rings. The summed E-state index contributed by atoms with van der Waals surface area (Å²) >= 11 is 1.57. The zero-order valence-electron chi connectivity index (χ0n) is 11.7. The van der Waals surface area contributed by atoms with Gasteiger partial charge in [0.2, 0.25) is 0 Å².